The summed E-state index contributed by atoms with van der Waals surface area (Å²) in [6.07, 6.45) is 1.92. The van der Waals surface area contributed by atoms with E-state index in [9.17, 15) is 14.0 Å². The number of benzene rings is 1. The predicted molar refractivity (Wildman–Crippen MR) is 88.0 cm³/mol. The molecule has 24 heavy (non-hydrogen) atoms. The Balaban J connectivity index is 1.68. The smallest absolute Gasteiger partial charge is 0.266 e. The van der Waals surface area contributed by atoms with Gasteiger partial charge in [-0.2, -0.15) is 5.10 Å². The molecular formula is C18H20FN3O2. The summed E-state index contributed by atoms with van der Waals surface area (Å²) in [5, 5.41) is 7.24. The topological polar surface area (TPSA) is 64.0 Å². The second-order valence-electron chi connectivity index (χ2n) is 6.30. The largest absolute Gasteiger partial charge is 0.349 e. The summed E-state index contributed by atoms with van der Waals surface area (Å²) >= 11 is 0. The molecule has 2 aromatic rings. The first-order valence-electron chi connectivity index (χ1n) is 8.06. The number of carbonyl (C=O) groups excluding carboxylic acids is 1. The number of carbonyl (C=O) groups is 1. The Bertz CT molecular complexity index is 814. The number of rotatable bonds is 3. The molecule has 0 fully saturated rings. The lowest BCUT2D eigenvalue weighted by Crippen LogP contribution is -2.36. The number of amides is 1. The Morgan fingerprint density at radius 2 is 2.08 bits per heavy atom. The first kappa shape index (κ1) is 16.4. The van der Waals surface area contributed by atoms with Crippen LogP contribution in [0.3, 0.4) is 0 Å². The molecule has 0 spiro atoms. The Hall–Kier alpha value is -2.50. The van der Waals surface area contributed by atoms with Crippen LogP contribution in [0.5, 0.6) is 0 Å². The van der Waals surface area contributed by atoms with Crippen LogP contribution in [0.15, 0.2) is 35.1 Å². The van der Waals surface area contributed by atoms with Crippen LogP contribution in [0.1, 0.15) is 36.2 Å². The zero-order valence-electron chi connectivity index (χ0n) is 13.8. The summed E-state index contributed by atoms with van der Waals surface area (Å²) in [7, 11) is 1.63. The van der Waals surface area contributed by atoms with E-state index < -0.39 is 0 Å². The minimum atomic E-state index is -0.296. The number of fused-ring (bicyclic) bond motifs is 1. The van der Waals surface area contributed by atoms with E-state index in [0.29, 0.717) is 19.3 Å². The van der Waals surface area contributed by atoms with Gasteiger partial charge in [0.25, 0.3) is 5.56 Å². The molecule has 6 heteroatoms. The van der Waals surface area contributed by atoms with Crippen molar-refractivity contribution in [3.63, 3.8) is 0 Å². The Kier molecular flexibility index (Phi) is 4.46. The lowest BCUT2D eigenvalue weighted by molar-refractivity contribution is -0.126. The number of nitrogens with one attached hydrogen (secondary N) is 1. The number of aromatic nitrogens is 2. The average molecular weight is 329 g/mol. The van der Waals surface area contributed by atoms with Crippen LogP contribution in [-0.2, 0) is 24.7 Å². The van der Waals surface area contributed by atoms with Crippen molar-refractivity contribution in [2.45, 2.75) is 32.2 Å². The van der Waals surface area contributed by atoms with Crippen LogP contribution >= 0.6 is 0 Å². The lowest BCUT2D eigenvalue weighted by Gasteiger charge is -2.25. The van der Waals surface area contributed by atoms with Crippen molar-refractivity contribution in [2.24, 2.45) is 13.0 Å². The summed E-state index contributed by atoms with van der Waals surface area (Å²) in [5.74, 6) is -0.511. The molecule has 1 aliphatic carbocycles. The Labute approximate surface area is 139 Å². The molecule has 126 valence electrons. The predicted octanol–water partition coefficient (Wildman–Crippen LogP) is 1.90. The fourth-order valence-electron chi connectivity index (χ4n) is 3.08. The fourth-order valence-corrected chi connectivity index (χ4v) is 3.08. The third-order valence-corrected chi connectivity index (χ3v) is 4.55. The van der Waals surface area contributed by atoms with Gasteiger partial charge >= 0.3 is 0 Å². The van der Waals surface area contributed by atoms with Crippen molar-refractivity contribution < 1.29 is 9.18 Å². The van der Waals surface area contributed by atoms with E-state index in [4.69, 9.17) is 0 Å². The number of hydrogen-bond donors (Lipinski definition) is 1. The van der Waals surface area contributed by atoms with Gasteiger partial charge in [-0.05, 0) is 49.4 Å². The van der Waals surface area contributed by atoms with Crippen molar-refractivity contribution >= 4 is 5.91 Å². The molecule has 1 N–H and O–H groups in total. The maximum Gasteiger partial charge on any atom is 0.266 e. The van der Waals surface area contributed by atoms with E-state index in [0.717, 1.165) is 16.8 Å². The van der Waals surface area contributed by atoms with Gasteiger partial charge in [0.1, 0.15) is 5.82 Å². The first-order valence-corrected chi connectivity index (χ1v) is 8.06. The number of hydrogen-bond acceptors (Lipinski definition) is 3. The second-order valence-corrected chi connectivity index (χ2v) is 6.30. The maximum atomic E-state index is 13.0. The molecule has 3 rings (SSSR count). The van der Waals surface area contributed by atoms with Crippen LogP contribution in [0.25, 0.3) is 0 Å². The fraction of sp³-hybridized carbons (Fsp3) is 0.389. The van der Waals surface area contributed by atoms with Gasteiger partial charge in [0.15, 0.2) is 0 Å². The second kappa shape index (κ2) is 6.55. The van der Waals surface area contributed by atoms with Crippen LogP contribution in [-0.4, -0.2) is 15.7 Å². The lowest BCUT2D eigenvalue weighted by atomic mass is 9.86. The summed E-state index contributed by atoms with van der Waals surface area (Å²) < 4.78 is 14.3. The van der Waals surface area contributed by atoms with Crippen molar-refractivity contribution in [3.05, 3.63) is 63.3 Å². The molecule has 1 aliphatic rings. The molecule has 0 bridgehead atoms. The molecule has 2 atom stereocenters. The maximum absolute atomic E-state index is 13.0. The van der Waals surface area contributed by atoms with Gasteiger partial charge < -0.3 is 5.32 Å². The van der Waals surface area contributed by atoms with E-state index in [-0.39, 0.29) is 29.2 Å². The summed E-state index contributed by atoms with van der Waals surface area (Å²) in [6.45, 7) is 1.87. The molecule has 1 aromatic heterocycles. The van der Waals surface area contributed by atoms with E-state index in [1.165, 1.54) is 16.8 Å². The SMILES string of the molecule is C[C@H](NC(=O)[C@H]1CCc2nn(C)c(=O)cc2C1)c1ccc(F)cc1. The molecule has 1 aromatic carbocycles. The van der Waals surface area contributed by atoms with E-state index >= 15 is 0 Å². The van der Waals surface area contributed by atoms with Crippen LogP contribution in [0.2, 0.25) is 0 Å². The van der Waals surface area contributed by atoms with Crippen molar-refractivity contribution in [3.8, 4) is 0 Å². The van der Waals surface area contributed by atoms with Crippen molar-refractivity contribution in [2.75, 3.05) is 0 Å². The highest BCUT2D eigenvalue weighted by Gasteiger charge is 2.27. The average Bonchev–Trinajstić information content (AvgIpc) is 2.56. The standard InChI is InChI=1S/C18H20FN3O2/c1-11(12-3-6-15(19)7-4-12)20-18(24)13-5-8-16-14(9-13)10-17(23)22(2)21-16/h3-4,6-7,10-11,13H,5,8-9H2,1-2H3,(H,20,24)/t11-,13-/m0/s1. The van der Waals surface area contributed by atoms with Gasteiger partial charge in [0, 0.05) is 19.0 Å². The molecule has 0 saturated heterocycles. The van der Waals surface area contributed by atoms with Crippen LogP contribution in [0, 0.1) is 11.7 Å². The van der Waals surface area contributed by atoms with Gasteiger partial charge in [0.05, 0.1) is 11.7 Å². The molecule has 5 nitrogen and oxygen atoms in total. The van der Waals surface area contributed by atoms with Gasteiger partial charge in [-0.15, -0.1) is 0 Å². The van der Waals surface area contributed by atoms with Crippen LogP contribution in [0.4, 0.5) is 4.39 Å². The van der Waals surface area contributed by atoms with Crippen molar-refractivity contribution in [1.29, 1.82) is 0 Å². The third kappa shape index (κ3) is 3.37. The Morgan fingerprint density at radius 3 is 2.79 bits per heavy atom. The number of halogens is 1. The molecule has 0 aliphatic heterocycles. The normalized spacial score (nSPS) is 17.9. The van der Waals surface area contributed by atoms with Crippen LogP contribution < -0.4 is 10.9 Å². The number of aryl methyl sites for hydroxylation is 2. The zero-order chi connectivity index (χ0) is 17.3. The zero-order valence-corrected chi connectivity index (χ0v) is 13.8. The molecular weight excluding hydrogens is 309 g/mol. The van der Waals surface area contributed by atoms with E-state index in [1.54, 1.807) is 25.2 Å². The monoisotopic (exact) mass is 329 g/mol. The van der Waals surface area contributed by atoms with Gasteiger partial charge in [-0.3, -0.25) is 9.59 Å². The number of nitrogens with zero attached hydrogens (tertiary/aromatic N) is 2. The minimum absolute atomic E-state index is 0.0434. The molecule has 1 heterocycles. The quantitative estimate of drug-likeness (QED) is 0.935. The van der Waals surface area contributed by atoms with E-state index in [2.05, 4.69) is 10.4 Å². The third-order valence-electron chi connectivity index (χ3n) is 4.55. The van der Waals surface area contributed by atoms with Gasteiger partial charge in [-0.25, -0.2) is 9.07 Å². The summed E-state index contributed by atoms with van der Waals surface area (Å²) in [4.78, 5) is 24.2. The van der Waals surface area contributed by atoms with Gasteiger partial charge in [-0.1, -0.05) is 12.1 Å². The summed E-state index contributed by atoms with van der Waals surface area (Å²) in [5.41, 5.74) is 2.46. The highest BCUT2D eigenvalue weighted by atomic mass is 19.1. The highest BCUT2D eigenvalue weighted by Crippen LogP contribution is 2.24. The minimum Gasteiger partial charge on any atom is -0.349 e. The molecule has 0 unspecified atom stereocenters. The van der Waals surface area contributed by atoms with Crippen molar-refractivity contribution in [1.82, 2.24) is 15.1 Å². The molecule has 1 amide bonds. The highest BCUT2D eigenvalue weighted by molar-refractivity contribution is 5.79. The first-order chi connectivity index (χ1) is 11.4. The summed E-state index contributed by atoms with van der Waals surface area (Å²) in [6, 6.07) is 7.49. The van der Waals surface area contributed by atoms with E-state index in [1.807, 2.05) is 6.92 Å². The Morgan fingerprint density at radius 1 is 1.38 bits per heavy atom. The molecule has 0 radical (unpaired) electrons. The molecule has 0 saturated carbocycles. The van der Waals surface area contributed by atoms with Gasteiger partial charge in [0.2, 0.25) is 5.91 Å².